The lowest BCUT2D eigenvalue weighted by Gasteiger charge is -2.16. The minimum atomic E-state index is -1.09. The van der Waals surface area contributed by atoms with Crippen LogP contribution in [0, 0.1) is 0 Å². The molecule has 0 saturated carbocycles. The molecular weight excluding hydrogens is 398 g/mol. The number of rotatable bonds is 22. The Bertz CT molecular complexity index is 432. The average Bonchev–Trinajstić information content (AvgIpc) is 2.76. The van der Waals surface area contributed by atoms with Gasteiger partial charge in [-0.15, -0.1) is 0 Å². The monoisotopic (exact) mass is 445 g/mol. The van der Waals surface area contributed by atoms with E-state index in [2.05, 4.69) is 12.2 Å². The summed E-state index contributed by atoms with van der Waals surface area (Å²) in [7, 11) is 0. The molecule has 7 nitrogen and oxygen atoms in total. The molecule has 0 aliphatic heterocycles. The van der Waals surface area contributed by atoms with Gasteiger partial charge >= 0.3 is 11.9 Å². The van der Waals surface area contributed by atoms with Crippen LogP contribution in [-0.4, -0.2) is 59.2 Å². The lowest BCUT2D eigenvalue weighted by atomic mass is 10.0. The Morgan fingerprint density at radius 3 is 1.61 bits per heavy atom. The predicted molar refractivity (Wildman–Crippen MR) is 123 cm³/mol. The van der Waals surface area contributed by atoms with Crippen LogP contribution in [0.1, 0.15) is 110 Å². The highest BCUT2D eigenvalue weighted by Gasteiger charge is 2.22. The highest BCUT2D eigenvalue weighted by molar-refractivity contribution is 5.88. The van der Waals surface area contributed by atoms with Gasteiger partial charge in [-0.05, 0) is 6.42 Å². The van der Waals surface area contributed by atoms with Crippen molar-refractivity contribution in [2.45, 2.75) is 122 Å². The number of hydrogen-bond acceptors (Lipinski definition) is 7. The smallest absolute Gasteiger partial charge is 0.333 e. The maximum absolute atomic E-state index is 11.8. The summed E-state index contributed by atoms with van der Waals surface area (Å²) in [5, 5.41) is 29.8. The Hall–Kier alpha value is -1.02. The van der Waals surface area contributed by atoms with E-state index in [1.54, 1.807) is 0 Å². The zero-order chi connectivity index (χ0) is 23.2. The Morgan fingerprint density at radius 1 is 0.742 bits per heavy atom. The molecule has 0 fully saturated rings. The first-order valence-corrected chi connectivity index (χ1v) is 12.4. The first-order valence-electron chi connectivity index (χ1n) is 12.4. The lowest BCUT2D eigenvalue weighted by molar-refractivity contribution is -0.161. The predicted octanol–water partition coefficient (Wildman–Crippen LogP) is 3.62. The van der Waals surface area contributed by atoms with Gasteiger partial charge in [-0.25, -0.2) is 4.79 Å². The fourth-order valence-electron chi connectivity index (χ4n) is 3.44. The summed E-state index contributed by atoms with van der Waals surface area (Å²) in [5.74, 6) is -1.46. The molecule has 0 rings (SSSR count). The van der Waals surface area contributed by atoms with Crippen LogP contribution < -0.4 is 5.32 Å². The van der Waals surface area contributed by atoms with E-state index < -0.39 is 37.3 Å². The van der Waals surface area contributed by atoms with Gasteiger partial charge < -0.3 is 20.1 Å². The minimum absolute atomic E-state index is 0.0793. The molecule has 0 aromatic rings. The summed E-state index contributed by atoms with van der Waals surface area (Å²) in [4.78, 5) is 23.6. The van der Waals surface area contributed by atoms with Gasteiger partial charge in [-0.2, -0.15) is 0 Å². The summed E-state index contributed by atoms with van der Waals surface area (Å²) in [6.07, 6.45) is 17.8. The van der Waals surface area contributed by atoms with E-state index in [0.717, 1.165) is 12.8 Å². The summed E-state index contributed by atoms with van der Waals surface area (Å²) >= 11 is 0. The topological polar surface area (TPSA) is 116 Å². The summed E-state index contributed by atoms with van der Waals surface area (Å²) in [6.45, 7) is 1.16. The number of carbonyl (C=O) groups is 2. The quantitative estimate of drug-likeness (QED) is 0.114. The molecule has 184 valence electrons. The third-order valence-corrected chi connectivity index (χ3v) is 5.48. The number of aliphatic hydroxyl groups is 3. The van der Waals surface area contributed by atoms with Crippen LogP contribution in [0.3, 0.4) is 0 Å². The molecule has 7 heteroatoms. The molecule has 4 N–H and O–H groups in total. The number of ether oxygens (including phenoxy) is 1. The summed E-state index contributed by atoms with van der Waals surface area (Å²) in [6, 6.07) is -1.09. The van der Waals surface area contributed by atoms with Gasteiger partial charge in [0.05, 0.1) is 19.3 Å². The van der Waals surface area contributed by atoms with E-state index in [9.17, 15) is 19.8 Å². The minimum Gasteiger partial charge on any atom is -0.394 e. The highest BCUT2D eigenvalue weighted by atomic mass is 16.6. The molecule has 2 atom stereocenters. The fourth-order valence-corrected chi connectivity index (χ4v) is 3.44. The van der Waals surface area contributed by atoms with Crippen molar-refractivity contribution in [1.29, 1.82) is 0 Å². The van der Waals surface area contributed by atoms with E-state index in [4.69, 9.17) is 9.84 Å². The van der Waals surface area contributed by atoms with Gasteiger partial charge in [0.1, 0.15) is 6.04 Å². The number of unbranched alkanes of at least 4 members (excludes halogenated alkanes) is 14. The standard InChI is InChI=1S/C24H47NO6/c1-2-3-4-5-6-7-8-9-10-11-12-13-14-15-16-17-23(29)31-24(30)22(20-27)25-18-21(28)19-26/h21-22,25-28H,2-20H2,1H3/t21?,22-/m0/s1. The van der Waals surface area contributed by atoms with Crippen molar-refractivity contribution in [3.8, 4) is 0 Å². The normalized spacial score (nSPS) is 13.2. The number of hydrogen-bond donors (Lipinski definition) is 4. The molecule has 0 spiro atoms. The Balaban J connectivity index is 3.52. The second-order valence-electron chi connectivity index (χ2n) is 8.47. The van der Waals surface area contributed by atoms with Crippen molar-refractivity contribution >= 4 is 11.9 Å². The van der Waals surface area contributed by atoms with Crippen LogP contribution in [0.5, 0.6) is 0 Å². The highest BCUT2D eigenvalue weighted by Crippen LogP contribution is 2.13. The van der Waals surface area contributed by atoms with Gasteiger partial charge in [-0.1, -0.05) is 96.8 Å². The molecule has 0 heterocycles. The second kappa shape index (κ2) is 22.2. The van der Waals surface area contributed by atoms with Crippen LogP contribution >= 0.6 is 0 Å². The van der Waals surface area contributed by atoms with Crippen molar-refractivity contribution in [3.63, 3.8) is 0 Å². The summed E-state index contributed by atoms with van der Waals surface area (Å²) < 4.78 is 4.74. The molecule has 0 radical (unpaired) electrons. The van der Waals surface area contributed by atoms with E-state index in [0.29, 0.717) is 6.42 Å². The van der Waals surface area contributed by atoms with E-state index >= 15 is 0 Å². The van der Waals surface area contributed by atoms with Gasteiger partial charge in [0.2, 0.25) is 0 Å². The molecule has 31 heavy (non-hydrogen) atoms. The zero-order valence-corrected chi connectivity index (χ0v) is 19.7. The Kier molecular flexibility index (Phi) is 21.5. The third kappa shape index (κ3) is 19.4. The number of nitrogens with one attached hydrogen (secondary N) is 1. The molecule has 1 unspecified atom stereocenters. The fraction of sp³-hybridized carbons (Fsp3) is 0.917. The molecule has 0 aromatic heterocycles. The van der Waals surface area contributed by atoms with Crippen molar-refractivity contribution in [3.05, 3.63) is 0 Å². The van der Waals surface area contributed by atoms with Crippen LogP contribution in [0.2, 0.25) is 0 Å². The molecule has 0 aliphatic carbocycles. The van der Waals surface area contributed by atoms with E-state index in [-0.39, 0.29) is 13.0 Å². The molecule has 0 amide bonds. The lowest BCUT2D eigenvalue weighted by Crippen LogP contribution is -2.45. The van der Waals surface area contributed by atoms with Crippen molar-refractivity contribution in [1.82, 2.24) is 5.32 Å². The SMILES string of the molecule is CCCCCCCCCCCCCCCCCC(=O)OC(=O)[C@H](CO)NCC(O)CO. The van der Waals surface area contributed by atoms with Gasteiger partial charge in [0.25, 0.3) is 0 Å². The maximum Gasteiger partial charge on any atom is 0.333 e. The van der Waals surface area contributed by atoms with Crippen LogP contribution in [0.4, 0.5) is 0 Å². The van der Waals surface area contributed by atoms with Gasteiger partial charge in [-0.3, -0.25) is 10.1 Å². The number of aliphatic hydroxyl groups excluding tert-OH is 3. The van der Waals surface area contributed by atoms with Crippen molar-refractivity contribution in [2.75, 3.05) is 19.8 Å². The van der Waals surface area contributed by atoms with Crippen LogP contribution in [-0.2, 0) is 14.3 Å². The number of carbonyl (C=O) groups excluding carboxylic acids is 2. The number of esters is 2. The van der Waals surface area contributed by atoms with Crippen LogP contribution in [0.25, 0.3) is 0 Å². The third-order valence-electron chi connectivity index (χ3n) is 5.48. The molecule has 0 bridgehead atoms. The first-order chi connectivity index (χ1) is 15.0. The molecule has 0 saturated heterocycles. The second-order valence-corrected chi connectivity index (χ2v) is 8.47. The van der Waals surface area contributed by atoms with Crippen LogP contribution in [0.15, 0.2) is 0 Å². The Labute approximate surface area is 189 Å². The van der Waals surface area contributed by atoms with E-state index in [1.807, 2.05) is 0 Å². The molecule has 0 aromatic carbocycles. The van der Waals surface area contributed by atoms with Gasteiger partial charge in [0.15, 0.2) is 0 Å². The van der Waals surface area contributed by atoms with Crippen molar-refractivity contribution < 1.29 is 29.6 Å². The average molecular weight is 446 g/mol. The van der Waals surface area contributed by atoms with Crippen molar-refractivity contribution in [2.24, 2.45) is 0 Å². The molecule has 0 aliphatic rings. The van der Waals surface area contributed by atoms with E-state index in [1.165, 1.54) is 77.0 Å². The largest absolute Gasteiger partial charge is 0.394 e. The Morgan fingerprint density at radius 2 is 1.19 bits per heavy atom. The van der Waals surface area contributed by atoms with Gasteiger partial charge in [0, 0.05) is 13.0 Å². The zero-order valence-electron chi connectivity index (χ0n) is 19.7. The summed E-state index contributed by atoms with van der Waals surface area (Å²) in [5.41, 5.74) is 0. The molecular formula is C24H47NO6. The first kappa shape index (κ1) is 30.0. The maximum atomic E-state index is 11.8.